The zero-order valence-electron chi connectivity index (χ0n) is 16.5. The molecule has 6 heteroatoms. The van der Waals surface area contributed by atoms with Crippen molar-refractivity contribution in [1.29, 1.82) is 0 Å². The van der Waals surface area contributed by atoms with Gasteiger partial charge in [-0.3, -0.25) is 9.59 Å². The summed E-state index contributed by atoms with van der Waals surface area (Å²) < 4.78 is 0. The Morgan fingerprint density at radius 1 is 1.30 bits per heavy atom. The average Bonchev–Trinajstić information content (AvgIpc) is 2.91. The molecule has 0 aliphatic carbocycles. The Morgan fingerprint density at radius 3 is 2.81 bits per heavy atom. The molecular weight excluding hydrogens is 340 g/mol. The molecule has 1 aliphatic rings. The number of hydrogen-bond acceptors (Lipinski definition) is 3. The second kappa shape index (κ2) is 8.13. The van der Waals surface area contributed by atoms with E-state index in [-0.39, 0.29) is 17.7 Å². The number of amides is 2. The molecule has 27 heavy (non-hydrogen) atoms. The number of fused-ring (bicyclic) bond motifs is 1. The van der Waals surface area contributed by atoms with Gasteiger partial charge < -0.3 is 20.9 Å². The monoisotopic (exact) mass is 370 g/mol. The van der Waals surface area contributed by atoms with Crippen molar-refractivity contribution >= 4 is 22.7 Å². The fourth-order valence-corrected chi connectivity index (χ4v) is 4.13. The first kappa shape index (κ1) is 19.4. The number of nitrogens with zero attached hydrogens (tertiary/aromatic N) is 1. The second-order valence-corrected chi connectivity index (χ2v) is 7.80. The number of aromatic nitrogens is 1. The van der Waals surface area contributed by atoms with Gasteiger partial charge in [0.25, 0.3) is 0 Å². The van der Waals surface area contributed by atoms with Crippen LogP contribution >= 0.6 is 0 Å². The van der Waals surface area contributed by atoms with Gasteiger partial charge in [0.2, 0.25) is 11.8 Å². The molecule has 2 heterocycles. The third kappa shape index (κ3) is 4.50. The molecule has 2 aromatic rings. The van der Waals surface area contributed by atoms with Gasteiger partial charge in [0.1, 0.15) is 0 Å². The highest BCUT2D eigenvalue weighted by Crippen LogP contribution is 2.26. The van der Waals surface area contributed by atoms with E-state index in [0.29, 0.717) is 19.5 Å². The lowest BCUT2D eigenvalue weighted by atomic mass is 9.97. The summed E-state index contributed by atoms with van der Waals surface area (Å²) in [5.41, 5.74) is 11.1. The number of carbonyl (C=O) groups excluding carboxylic acids is 2. The molecule has 4 N–H and O–H groups in total. The predicted octanol–water partition coefficient (Wildman–Crippen LogP) is 1.95. The molecule has 2 amide bonds. The van der Waals surface area contributed by atoms with Crippen LogP contribution in [0, 0.1) is 26.7 Å². The van der Waals surface area contributed by atoms with Gasteiger partial charge in [-0.1, -0.05) is 11.6 Å². The molecule has 1 fully saturated rings. The van der Waals surface area contributed by atoms with Crippen LogP contribution in [0.2, 0.25) is 0 Å². The number of hydrogen-bond donors (Lipinski definition) is 3. The average molecular weight is 370 g/mol. The summed E-state index contributed by atoms with van der Waals surface area (Å²) in [4.78, 5) is 29.5. The van der Waals surface area contributed by atoms with Gasteiger partial charge in [0.15, 0.2) is 0 Å². The number of aromatic amines is 1. The number of H-pyrrole nitrogens is 1. The Kier molecular flexibility index (Phi) is 5.85. The number of piperidine rings is 1. The predicted molar refractivity (Wildman–Crippen MR) is 108 cm³/mol. The summed E-state index contributed by atoms with van der Waals surface area (Å²) in [5.74, 6) is -0.249. The lowest BCUT2D eigenvalue weighted by Gasteiger charge is -2.31. The van der Waals surface area contributed by atoms with Crippen LogP contribution in [0.4, 0.5) is 0 Å². The minimum atomic E-state index is -0.218. The maximum Gasteiger partial charge on any atom is 0.224 e. The van der Waals surface area contributed by atoms with E-state index in [9.17, 15) is 9.59 Å². The van der Waals surface area contributed by atoms with Gasteiger partial charge in [-0.25, -0.2) is 0 Å². The number of nitrogens with two attached hydrogens (primary N) is 1. The van der Waals surface area contributed by atoms with Crippen LogP contribution in [-0.4, -0.2) is 47.9 Å². The molecule has 0 bridgehead atoms. The van der Waals surface area contributed by atoms with Gasteiger partial charge in [-0.2, -0.15) is 0 Å². The number of likely N-dealkylation sites (tertiary alicyclic amines) is 1. The van der Waals surface area contributed by atoms with E-state index in [1.165, 1.54) is 11.1 Å². The van der Waals surface area contributed by atoms with Crippen molar-refractivity contribution in [2.45, 2.75) is 40.0 Å². The van der Waals surface area contributed by atoms with Crippen molar-refractivity contribution in [3.8, 4) is 0 Å². The molecule has 1 saturated heterocycles. The number of benzene rings is 1. The first-order valence-corrected chi connectivity index (χ1v) is 9.72. The first-order valence-electron chi connectivity index (χ1n) is 9.72. The normalized spacial score (nSPS) is 18.0. The van der Waals surface area contributed by atoms with Gasteiger partial charge in [-0.05, 0) is 57.4 Å². The van der Waals surface area contributed by atoms with Crippen LogP contribution in [-0.2, 0) is 16.0 Å². The quantitative estimate of drug-likeness (QED) is 0.726. The first-order chi connectivity index (χ1) is 12.8. The summed E-state index contributed by atoms with van der Waals surface area (Å²) >= 11 is 0. The van der Waals surface area contributed by atoms with E-state index >= 15 is 0 Å². The SMILES string of the molecule is Cc1cc(C)c2[nH]c(C)c(CC(=O)NCCN3CCC[C@@H](C(N)=O)C3)c2c1. The fourth-order valence-electron chi connectivity index (χ4n) is 4.13. The number of primary amides is 1. The van der Waals surface area contributed by atoms with Crippen molar-refractivity contribution in [2.75, 3.05) is 26.2 Å². The largest absolute Gasteiger partial charge is 0.369 e. The van der Waals surface area contributed by atoms with Gasteiger partial charge in [0.05, 0.1) is 12.3 Å². The fraction of sp³-hybridized carbons (Fsp3) is 0.524. The third-order valence-electron chi connectivity index (χ3n) is 5.57. The van der Waals surface area contributed by atoms with Crippen LogP contribution < -0.4 is 11.1 Å². The van der Waals surface area contributed by atoms with Crippen molar-refractivity contribution in [3.05, 3.63) is 34.5 Å². The second-order valence-electron chi connectivity index (χ2n) is 7.80. The Morgan fingerprint density at radius 2 is 2.07 bits per heavy atom. The molecule has 0 saturated carbocycles. The molecule has 1 aromatic carbocycles. The molecule has 146 valence electrons. The minimum absolute atomic E-state index is 0.0293. The Bertz CT molecular complexity index is 855. The number of aryl methyl sites for hydroxylation is 3. The van der Waals surface area contributed by atoms with Crippen LogP contribution in [0.5, 0.6) is 0 Å². The minimum Gasteiger partial charge on any atom is -0.369 e. The summed E-state index contributed by atoms with van der Waals surface area (Å²) in [5, 5.41) is 4.16. The molecule has 1 atom stereocenters. The smallest absolute Gasteiger partial charge is 0.224 e. The van der Waals surface area contributed by atoms with E-state index in [1.54, 1.807) is 0 Å². The summed E-state index contributed by atoms with van der Waals surface area (Å²) in [6.45, 7) is 9.19. The zero-order valence-corrected chi connectivity index (χ0v) is 16.5. The Labute approximate surface area is 160 Å². The summed E-state index contributed by atoms with van der Waals surface area (Å²) in [6.07, 6.45) is 2.23. The van der Waals surface area contributed by atoms with Gasteiger partial charge in [-0.15, -0.1) is 0 Å². The molecular formula is C21H30N4O2. The van der Waals surface area contributed by atoms with E-state index in [4.69, 9.17) is 5.73 Å². The Balaban J connectivity index is 1.56. The van der Waals surface area contributed by atoms with Crippen LogP contribution in [0.25, 0.3) is 10.9 Å². The lowest BCUT2D eigenvalue weighted by molar-refractivity contribution is -0.124. The van der Waals surface area contributed by atoms with E-state index in [1.807, 2.05) is 6.92 Å². The molecule has 0 unspecified atom stereocenters. The molecule has 1 aromatic heterocycles. The van der Waals surface area contributed by atoms with Crippen LogP contribution in [0.1, 0.15) is 35.2 Å². The number of rotatable bonds is 6. The molecule has 1 aliphatic heterocycles. The van der Waals surface area contributed by atoms with Crippen molar-refractivity contribution in [1.82, 2.24) is 15.2 Å². The Hall–Kier alpha value is -2.34. The highest BCUT2D eigenvalue weighted by molar-refractivity contribution is 5.92. The van der Waals surface area contributed by atoms with Crippen molar-refractivity contribution < 1.29 is 9.59 Å². The van der Waals surface area contributed by atoms with E-state index in [0.717, 1.165) is 48.1 Å². The van der Waals surface area contributed by atoms with Crippen molar-refractivity contribution in [2.24, 2.45) is 11.7 Å². The van der Waals surface area contributed by atoms with Crippen molar-refractivity contribution in [3.63, 3.8) is 0 Å². The molecule has 6 nitrogen and oxygen atoms in total. The topological polar surface area (TPSA) is 91.2 Å². The van der Waals surface area contributed by atoms with Gasteiger partial charge >= 0.3 is 0 Å². The van der Waals surface area contributed by atoms with E-state index < -0.39 is 0 Å². The lowest BCUT2D eigenvalue weighted by Crippen LogP contribution is -2.44. The zero-order chi connectivity index (χ0) is 19.6. The third-order valence-corrected chi connectivity index (χ3v) is 5.57. The number of carbonyl (C=O) groups is 2. The number of nitrogens with one attached hydrogen (secondary N) is 2. The summed E-state index contributed by atoms with van der Waals surface area (Å²) in [7, 11) is 0. The van der Waals surface area contributed by atoms with Gasteiger partial charge in [0, 0.05) is 36.2 Å². The highest BCUT2D eigenvalue weighted by atomic mass is 16.2. The highest BCUT2D eigenvalue weighted by Gasteiger charge is 2.23. The summed E-state index contributed by atoms with van der Waals surface area (Å²) in [6, 6.07) is 4.30. The maximum atomic E-state index is 12.5. The van der Waals surface area contributed by atoms with Crippen LogP contribution in [0.15, 0.2) is 12.1 Å². The molecule has 0 radical (unpaired) electrons. The maximum absolute atomic E-state index is 12.5. The van der Waals surface area contributed by atoms with E-state index in [2.05, 4.69) is 41.2 Å². The molecule has 0 spiro atoms. The van der Waals surface area contributed by atoms with Crippen LogP contribution in [0.3, 0.4) is 0 Å². The standard InChI is InChI=1S/C21H30N4O2/c1-13-9-14(2)20-18(10-13)17(15(3)24-20)11-19(26)23-6-8-25-7-4-5-16(12-25)21(22)27/h9-10,16,24H,4-8,11-12H2,1-3H3,(H2,22,27)(H,23,26)/t16-/m1/s1. The molecule has 3 rings (SSSR count).